The van der Waals surface area contributed by atoms with Crippen molar-refractivity contribution in [2.45, 2.75) is 23.8 Å². The largest absolute Gasteiger partial charge is 0.241 e. The fraction of sp³-hybridized carbons (Fsp3) is 0.333. The van der Waals surface area contributed by atoms with Crippen LogP contribution in [0.3, 0.4) is 0 Å². The van der Waals surface area contributed by atoms with Gasteiger partial charge in [0.05, 0.1) is 16.4 Å². The van der Waals surface area contributed by atoms with Crippen LogP contribution in [0.15, 0.2) is 47.4 Å². The molecule has 0 aromatic heterocycles. The minimum Gasteiger partial charge on any atom is -0.229 e. The average molecular weight is 339 g/mol. The van der Waals surface area contributed by atoms with E-state index in [9.17, 15) is 16.8 Å². The zero-order valence-corrected chi connectivity index (χ0v) is 13.7. The van der Waals surface area contributed by atoms with Crippen molar-refractivity contribution in [3.8, 4) is 0 Å². The number of sulfone groups is 1. The Morgan fingerprint density at radius 1 is 1.09 bits per heavy atom. The summed E-state index contributed by atoms with van der Waals surface area (Å²) in [5.41, 5.74) is -0.941. The van der Waals surface area contributed by atoms with Crippen molar-refractivity contribution >= 4 is 30.6 Å². The van der Waals surface area contributed by atoms with Crippen LogP contribution in [0.5, 0.6) is 0 Å². The molecule has 1 aliphatic rings. The van der Waals surface area contributed by atoms with Crippen LogP contribution in [0.2, 0.25) is 0 Å². The Morgan fingerprint density at radius 2 is 1.77 bits per heavy atom. The molecule has 1 N–H and O–H groups in total. The van der Waals surface area contributed by atoms with Gasteiger partial charge in [0, 0.05) is 5.54 Å². The van der Waals surface area contributed by atoms with Crippen molar-refractivity contribution in [3.05, 3.63) is 42.5 Å². The van der Waals surface area contributed by atoms with Crippen LogP contribution in [0.25, 0.3) is 10.8 Å². The molecule has 0 radical (unpaired) electrons. The molecule has 0 unspecified atom stereocenters. The van der Waals surface area contributed by atoms with Gasteiger partial charge in [-0.15, -0.1) is 0 Å². The maximum absolute atomic E-state index is 12.5. The van der Waals surface area contributed by atoms with E-state index in [1.165, 1.54) is 6.07 Å². The molecule has 3 rings (SSSR count). The summed E-state index contributed by atoms with van der Waals surface area (Å²) >= 11 is 0. The summed E-state index contributed by atoms with van der Waals surface area (Å²) < 4.78 is 50.9. The Kier molecular flexibility index (Phi) is 3.54. The maximum atomic E-state index is 12.5. The molecule has 0 spiro atoms. The van der Waals surface area contributed by atoms with E-state index in [4.69, 9.17) is 0 Å². The van der Waals surface area contributed by atoms with E-state index >= 15 is 0 Å². The molecule has 2 aromatic carbocycles. The summed E-state index contributed by atoms with van der Waals surface area (Å²) in [6.07, 6.45) is 0.294. The van der Waals surface area contributed by atoms with Crippen molar-refractivity contribution < 1.29 is 16.8 Å². The quantitative estimate of drug-likeness (QED) is 0.923. The molecule has 0 bridgehead atoms. The van der Waals surface area contributed by atoms with Crippen molar-refractivity contribution in [3.63, 3.8) is 0 Å². The molecule has 5 nitrogen and oxygen atoms in total. The number of sulfonamides is 1. The highest BCUT2D eigenvalue weighted by Gasteiger charge is 2.41. The zero-order chi connectivity index (χ0) is 16.0. The van der Waals surface area contributed by atoms with Crippen molar-refractivity contribution in [1.29, 1.82) is 0 Å². The Morgan fingerprint density at radius 3 is 2.41 bits per heavy atom. The first-order valence-corrected chi connectivity index (χ1v) is 10.2. The van der Waals surface area contributed by atoms with Crippen LogP contribution >= 0.6 is 0 Å². The predicted octanol–water partition coefficient (Wildman–Crippen LogP) is 1.70. The Bertz CT molecular complexity index is 935. The maximum Gasteiger partial charge on any atom is 0.241 e. The van der Waals surface area contributed by atoms with E-state index in [0.717, 1.165) is 10.8 Å². The lowest BCUT2D eigenvalue weighted by molar-refractivity contribution is 0.462. The van der Waals surface area contributed by atoms with Crippen LogP contribution in [-0.4, -0.2) is 33.9 Å². The molecule has 22 heavy (non-hydrogen) atoms. The average Bonchev–Trinajstić information content (AvgIpc) is 2.71. The molecule has 0 aliphatic carbocycles. The van der Waals surface area contributed by atoms with E-state index in [1.807, 2.05) is 24.3 Å². The van der Waals surface area contributed by atoms with Gasteiger partial charge >= 0.3 is 0 Å². The lowest BCUT2D eigenvalue weighted by atomic mass is 10.0. The first kappa shape index (κ1) is 15.5. The molecule has 1 heterocycles. The number of nitrogens with one attached hydrogen (secondary N) is 1. The molecule has 2 aromatic rings. The summed E-state index contributed by atoms with van der Waals surface area (Å²) in [6, 6.07) is 12.4. The molecular formula is C15H17NO4S2. The fourth-order valence-electron chi connectivity index (χ4n) is 2.81. The van der Waals surface area contributed by atoms with Crippen molar-refractivity contribution in [2.24, 2.45) is 0 Å². The molecule has 1 aliphatic heterocycles. The Labute approximate surface area is 130 Å². The number of hydrogen-bond donors (Lipinski definition) is 1. The second kappa shape index (κ2) is 5.04. The van der Waals surface area contributed by atoms with Crippen molar-refractivity contribution in [2.75, 3.05) is 11.5 Å². The second-order valence-corrected chi connectivity index (χ2v) is 9.88. The number of rotatable bonds is 3. The number of fused-ring (bicyclic) bond motifs is 1. The van der Waals surface area contributed by atoms with Gasteiger partial charge < -0.3 is 0 Å². The predicted molar refractivity (Wildman–Crippen MR) is 85.9 cm³/mol. The van der Waals surface area contributed by atoms with E-state index in [1.54, 1.807) is 19.1 Å². The van der Waals surface area contributed by atoms with Crippen LogP contribution in [-0.2, 0) is 19.9 Å². The van der Waals surface area contributed by atoms with Gasteiger partial charge in [-0.1, -0.05) is 30.3 Å². The van der Waals surface area contributed by atoms with Gasteiger partial charge in [0.2, 0.25) is 10.0 Å². The monoisotopic (exact) mass is 339 g/mol. The minimum atomic E-state index is -3.76. The fourth-order valence-corrected chi connectivity index (χ4v) is 6.46. The highest BCUT2D eigenvalue weighted by Crippen LogP contribution is 2.26. The molecule has 1 atom stereocenters. The highest BCUT2D eigenvalue weighted by molar-refractivity contribution is 7.92. The SMILES string of the molecule is C[C@@]1(NS(=O)(=O)c2ccc3ccccc3c2)CCS(=O)(=O)C1. The standard InChI is InChI=1S/C15H17NO4S2/c1-15(8-9-21(17,18)11-15)16-22(19,20)14-7-6-12-4-2-3-5-13(12)10-14/h2-7,10,16H,8-9,11H2,1H3/t15-/m1/s1. The number of hydrogen-bond acceptors (Lipinski definition) is 4. The third kappa shape index (κ3) is 3.02. The first-order valence-electron chi connectivity index (χ1n) is 6.92. The molecule has 1 fully saturated rings. The van der Waals surface area contributed by atoms with Crippen LogP contribution in [0, 0.1) is 0 Å². The Balaban J connectivity index is 1.95. The van der Waals surface area contributed by atoms with Crippen LogP contribution in [0.1, 0.15) is 13.3 Å². The lowest BCUT2D eigenvalue weighted by Crippen LogP contribution is -2.46. The summed E-state index contributed by atoms with van der Waals surface area (Å²) in [6.45, 7) is 1.64. The van der Waals surface area contributed by atoms with Crippen molar-refractivity contribution in [1.82, 2.24) is 4.72 Å². The third-order valence-corrected chi connectivity index (χ3v) is 7.45. The Hall–Kier alpha value is -1.44. The normalized spacial score (nSPS) is 24.6. The molecule has 0 amide bonds. The highest BCUT2D eigenvalue weighted by atomic mass is 32.2. The van der Waals surface area contributed by atoms with E-state index < -0.39 is 25.4 Å². The van der Waals surface area contributed by atoms with E-state index in [2.05, 4.69) is 4.72 Å². The van der Waals surface area contributed by atoms with Gasteiger partial charge in [0.1, 0.15) is 0 Å². The van der Waals surface area contributed by atoms with Crippen LogP contribution < -0.4 is 4.72 Å². The third-order valence-electron chi connectivity index (χ3n) is 3.92. The van der Waals surface area contributed by atoms with Gasteiger partial charge in [-0.3, -0.25) is 0 Å². The van der Waals surface area contributed by atoms with Gasteiger partial charge in [0.25, 0.3) is 0 Å². The molecule has 7 heteroatoms. The van der Waals surface area contributed by atoms with Gasteiger partial charge in [-0.25, -0.2) is 21.6 Å². The molecule has 118 valence electrons. The molecule has 1 saturated heterocycles. The summed E-state index contributed by atoms with van der Waals surface area (Å²) in [5.74, 6) is -0.142. The number of benzene rings is 2. The van der Waals surface area contributed by atoms with E-state index in [-0.39, 0.29) is 16.4 Å². The summed E-state index contributed by atoms with van der Waals surface area (Å²) in [7, 11) is -6.93. The van der Waals surface area contributed by atoms with Crippen LogP contribution in [0.4, 0.5) is 0 Å². The summed E-state index contributed by atoms with van der Waals surface area (Å²) in [5, 5.41) is 1.78. The summed E-state index contributed by atoms with van der Waals surface area (Å²) in [4.78, 5) is 0.150. The minimum absolute atomic E-state index is 0.0176. The topological polar surface area (TPSA) is 80.3 Å². The first-order chi connectivity index (χ1) is 10.2. The van der Waals surface area contributed by atoms with Gasteiger partial charge in [-0.2, -0.15) is 0 Å². The molecule has 0 saturated carbocycles. The van der Waals surface area contributed by atoms with Gasteiger partial charge in [-0.05, 0) is 36.2 Å². The second-order valence-electron chi connectivity index (χ2n) is 6.02. The lowest BCUT2D eigenvalue weighted by Gasteiger charge is -2.23. The van der Waals surface area contributed by atoms with Gasteiger partial charge in [0.15, 0.2) is 9.84 Å². The molecular weight excluding hydrogens is 322 g/mol. The smallest absolute Gasteiger partial charge is 0.229 e. The zero-order valence-electron chi connectivity index (χ0n) is 12.1. The van der Waals surface area contributed by atoms with E-state index in [0.29, 0.717) is 6.42 Å².